The average molecular weight is 331 g/mol. The molecule has 0 aliphatic heterocycles. The van der Waals surface area contributed by atoms with Crippen LogP contribution in [0.3, 0.4) is 0 Å². The summed E-state index contributed by atoms with van der Waals surface area (Å²) in [5.74, 6) is 1.50. The van der Waals surface area contributed by atoms with Gasteiger partial charge in [0.05, 0.1) is 11.4 Å². The highest BCUT2D eigenvalue weighted by molar-refractivity contribution is 5.61. The van der Waals surface area contributed by atoms with Crippen LogP contribution in [0.1, 0.15) is 18.4 Å². The number of anilines is 2. The van der Waals surface area contributed by atoms with Crippen molar-refractivity contribution in [1.29, 1.82) is 0 Å². The molecule has 5 heteroatoms. The van der Waals surface area contributed by atoms with Gasteiger partial charge in [-0.25, -0.2) is 4.98 Å². The Balaban J connectivity index is 1.51. The van der Waals surface area contributed by atoms with Crippen LogP contribution in [0.5, 0.6) is 0 Å². The molecule has 1 aliphatic carbocycles. The van der Waals surface area contributed by atoms with Gasteiger partial charge in [-0.1, -0.05) is 36.4 Å². The third-order valence-electron chi connectivity index (χ3n) is 4.13. The lowest BCUT2D eigenvalue weighted by Crippen LogP contribution is -2.11. The van der Waals surface area contributed by atoms with E-state index in [0.29, 0.717) is 12.0 Å². The van der Waals surface area contributed by atoms with Gasteiger partial charge in [-0.2, -0.15) is 4.98 Å². The largest absolute Gasteiger partial charge is 0.370 e. The molecule has 25 heavy (non-hydrogen) atoms. The van der Waals surface area contributed by atoms with E-state index in [1.165, 1.54) is 18.4 Å². The van der Waals surface area contributed by atoms with E-state index in [1.54, 1.807) is 6.20 Å². The SMILES string of the molecule is c1ccc(CCNc2cc(-c3ccccn3)nc(NC3CC3)n2)cc1. The molecule has 0 amide bonds. The third kappa shape index (κ3) is 4.32. The van der Waals surface area contributed by atoms with Crippen molar-refractivity contribution in [1.82, 2.24) is 15.0 Å². The Morgan fingerprint density at radius 3 is 2.52 bits per heavy atom. The molecule has 3 aromatic rings. The number of benzene rings is 1. The second-order valence-corrected chi connectivity index (χ2v) is 6.26. The van der Waals surface area contributed by atoms with Gasteiger partial charge >= 0.3 is 0 Å². The van der Waals surface area contributed by atoms with Gasteiger partial charge in [0, 0.05) is 24.8 Å². The Bertz CT molecular complexity index is 816. The first kappa shape index (κ1) is 15.6. The summed E-state index contributed by atoms with van der Waals surface area (Å²) in [7, 11) is 0. The number of aromatic nitrogens is 3. The second-order valence-electron chi connectivity index (χ2n) is 6.26. The number of nitrogens with one attached hydrogen (secondary N) is 2. The lowest BCUT2D eigenvalue weighted by atomic mass is 10.1. The van der Waals surface area contributed by atoms with E-state index in [9.17, 15) is 0 Å². The van der Waals surface area contributed by atoms with Crippen LogP contribution in [-0.2, 0) is 6.42 Å². The fourth-order valence-electron chi connectivity index (χ4n) is 2.64. The smallest absolute Gasteiger partial charge is 0.225 e. The van der Waals surface area contributed by atoms with Gasteiger partial charge in [0.15, 0.2) is 0 Å². The Morgan fingerprint density at radius 2 is 1.76 bits per heavy atom. The summed E-state index contributed by atoms with van der Waals surface area (Å²) in [5, 5.41) is 6.80. The minimum absolute atomic E-state index is 0.510. The first-order valence-electron chi connectivity index (χ1n) is 8.72. The molecule has 0 unspecified atom stereocenters. The molecular formula is C20H21N5. The maximum Gasteiger partial charge on any atom is 0.225 e. The standard InChI is InChI=1S/C20H21N5/c1-2-6-15(7-3-1)11-13-22-19-14-18(17-8-4-5-12-21-17)24-20(25-19)23-16-9-10-16/h1-8,12,14,16H,9-11,13H2,(H2,22,23,24,25). The highest BCUT2D eigenvalue weighted by Gasteiger charge is 2.22. The molecule has 126 valence electrons. The molecule has 4 rings (SSSR count). The zero-order valence-corrected chi connectivity index (χ0v) is 14.0. The van der Waals surface area contributed by atoms with E-state index < -0.39 is 0 Å². The maximum atomic E-state index is 4.63. The van der Waals surface area contributed by atoms with Crippen molar-refractivity contribution in [3.8, 4) is 11.4 Å². The molecule has 2 N–H and O–H groups in total. The predicted octanol–water partition coefficient (Wildman–Crippen LogP) is 3.77. The number of pyridine rings is 1. The Kier molecular flexibility index (Phi) is 4.55. The first-order chi connectivity index (χ1) is 12.4. The Labute approximate surface area is 147 Å². The van der Waals surface area contributed by atoms with Gasteiger partial charge in [-0.3, -0.25) is 4.98 Å². The number of nitrogens with zero attached hydrogens (tertiary/aromatic N) is 3. The molecule has 1 saturated carbocycles. The van der Waals surface area contributed by atoms with Crippen molar-refractivity contribution in [2.45, 2.75) is 25.3 Å². The first-order valence-corrected chi connectivity index (χ1v) is 8.72. The molecular weight excluding hydrogens is 310 g/mol. The zero-order valence-electron chi connectivity index (χ0n) is 14.0. The lowest BCUT2D eigenvalue weighted by molar-refractivity contribution is 0.991. The molecule has 1 fully saturated rings. The Morgan fingerprint density at radius 1 is 0.920 bits per heavy atom. The van der Waals surface area contributed by atoms with Crippen LogP contribution in [-0.4, -0.2) is 27.5 Å². The van der Waals surface area contributed by atoms with Crippen molar-refractivity contribution in [2.24, 2.45) is 0 Å². The summed E-state index contributed by atoms with van der Waals surface area (Å²) >= 11 is 0. The summed E-state index contributed by atoms with van der Waals surface area (Å²) in [6.45, 7) is 0.825. The third-order valence-corrected chi connectivity index (χ3v) is 4.13. The van der Waals surface area contributed by atoms with Gasteiger partial charge in [-0.15, -0.1) is 0 Å². The molecule has 2 heterocycles. The normalized spacial score (nSPS) is 13.4. The fraction of sp³-hybridized carbons (Fsp3) is 0.250. The second kappa shape index (κ2) is 7.30. The summed E-state index contributed by atoms with van der Waals surface area (Å²) in [6.07, 6.45) is 5.12. The van der Waals surface area contributed by atoms with Gasteiger partial charge in [0.2, 0.25) is 5.95 Å². The predicted molar refractivity (Wildman–Crippen MR) is 101 cm³/mol. The molecule has 0 spiro atoms. The van der Waals surface area contributed by atoms with E-state index >= 15 is 0 Å². The summed E-state index contributed by atoms with van der Waals surface area (Å²) in [4.78, 5) is 13.6. The van der Waals surface area contributed by atoms with Gasteiger partial charge in [0.25, 0.3) is 0 Å². The number of hydrogen-bond donors (Lipinski definition) is 2. The highest BCUT2D eigenvalue weighted by atomic mass is 15.2. The molecule has 0 radical (unpaired) electrons. The van der Waals surface area contributed by atoms with E-state index in [1.807, 2.05) is 30.3 Å². The molecule has 0 atom stereocenters. The molecule has 1 aliphatic rings. The molecule has 1 aromatic carbocycles. The summed E-state index contributed by atoms with van der Waals surface area (Å²) in [6, 6.07) is 18.8. The molecule has 0 bridgehead atoms. The minimum atomic E-state index is 0.510. The minimum Gasteiger partial charge on any atom is -0.370 e. The summed E-state index contributed by atoms with van der Waals surface area (Å²) < 4.78 is 0. The van der Waals surface area contributed by atoms with Crippen LogP contribution in [0.25, 0.3) is 11.4 Å². The molecule has 5 nitrogen and oxygen atoms in total. The topological polar surface area (TPSA) is 62.7 Å². The van der Waals surface area contributed by atoms with Crippen molar-refractivity contribution in [2.75, 3.05) is 17.2 Å². The van der Waals surface area contributed by atoms with Gasteiger partial charge < -0.3 is 10.6 Å². The van der Waals surface area contributed by atoms with E-state index in [-0.39, 0.29) is 0 Å². The van der Waals surface area contributed by atoms with E-state index in [2.05, 4.69) is 49.9 Å². The van der Waals surface area contributed by atoms with Crippen LogP contribution < -0.4 is 10.6 Å². The van der Waals surface area contributed by atoms with E-state index in [4.69, 9.17) is 0 Å². The van der Waals surface area contributed by atoms with Crippen molar-refractivity contribution >= 4 is 11.8 Å². The van der Waals surface area contributed by atoms with Gasteiger partial charge in [0.1, 0.15) is 5.82 Å². The van der Waals surface area contributed by atoms with Crippen LogP contribution >= 0.6 is 0 Å². The maximum absolute atomic E-state index is 4.63. The van der Waals surface area contributed by atoms with E-state index in [0.717, 1.165) is 30.2 Å². The Hall–Kier alpha value is -2.95. The van der Waals surface area contributed by atoms with Crippen molar-refractivity contribution in [3.05, 3.63) is 66.4 Å². The lowest BCUT2D eigenvalue weighted by Gasteiger charge is -2.11. The van der Waals surface area contributed by atoms with Crippen molar-refractivity contribution < 1.29 is 0 Å². The van der Waals surface area contributed by atoms with Crippen LogP contribution in [0.15, 0.2) is 60.8 Å². The summed E-state index contributed by atoms with van der Waals surface area (Å²) in [5.41, 5.74) is 3.00. The molecule has 2 aromatic heterocycles. The van der Waals surface area contributed by atoms with Crippen molar-refractivity contribution in [3.63, 3.8) is 0 Å². The quantitative estimate of drug-likeness (QED) is 0.690. The highest BCUT2D eigenvalue weighted by Crippen LogP contribution is 2.25. The fourth-order valence-corrected chi connectivity index (χ4v) is 2.64. The van der Waals surface area contributed by atoms with Gasteiger partial charge in [-0.05, 0) is 37.0 Å². The number of rotatable bonds is 7. The average Bonchev–Trinajstić information content (AvgIpc) is 3.47. The monoisotopic (exact) mass is 331 g/mol. The number of hydrogen-bond acceptors (Lipinski definition) is 5. The molecule has 0 saturated heterocycles. The van der Waals surface area contributed by atoms with Crippen LogP contribution in [0.2, 0.25) is 0 Å². The zero-order chi connectivity index (χ0) is 16.9. The van der Waals surface area contributed by atoms with Crippen LogP contribution in [0, 0.1) is 0 Å². The van der Waals surface area contributed by atoms with Crippen LogP contribution in [0.4, 0.5) is 11.8 Å².